The van der Waals surface area contributed by atoms with Crippen molar-refractivity contribution >= 4 is 36.1 Å². The molecule has 0 saturated heterocycles. The summed E-state index contributed by atoms with van der Waals surface area (Å²) in [6.45, 7) is 1.80. The summed E-state index contributed by atoms with van der Waals surface area (Å²) >= 11 is 0. The van der Waals surface area contributed by atoms with Crippen LogP contribution >= 0.6 is 0 Å². The first-order valence-electron chi connectivity index (χ1n) is 10.7. The number of azo groups is 1. The van der Waals surface area contributed by atoms with Gasteiger partial charge in [0.2, 0.25) is 0 Å². The predicted molar refractivity (Wildman–Crippen MR) is 133 cm³/mol. The number of rotatable bonds is 5. The molecule has 0 aromatic heterocycles. The van der Waals surface area contributed by atoms with Crippen LogP contribution in [0.25, 0.3) is 0 Å². The van der Waals surface area contributed by atoms with Crippen LogP contribution < -0.4 is 20.3 Å². The minimum absolute atomic E-state index is 0.349. The Bertz CT molecular complexity index is 1200. The first-order valence-corrected chi connectivity index (χ1v) is 12.6. The molecule has 0 heterocycles. The lowest BCUT2D eigenvalue weighted by Gasteiger charge is -2.31. The van der Waals surface area contributed by atoms with Crippen molar-refractivity contribution in [3.05, 3.63) is 121 Å². The zero-order chi connectivity index (χ0) is 23.8. The van der Waals surface area contributed by atoms with Gasteiger partial charge in [-0.05, 0) is 34.1 Å². The quantitative estimate of drug-likeness (QED) is 0.242. The predicted octanol–water partition coefficient (Wildman–Crippen LogP) is 4.75. The van der Waals surface area contributed by atoms with E-state index in [1.54, 1.807) is 25.1 Å². The second-order valence-corrected chi connectivity index (χ2v) is 10.8. The van der Waals surface area contributed by atoms with E-state index < -0.39 is 20.5 Å². The molecule has 0 aliphatic carbocycles. The second kappa shape index (κ2) is 10.5. The van der Waals surface area contributed by atoms with Crippen LogP contribution in [0.2, 0.25) is 0 Å². The molecule has 6 nitrogen and oxygen atoms in total. The van der Waals surface area contributed by atoms with Gasteiger partial charge in [0.25, 0.3) is 0 Å². The van der Waals surface area contributed by atoms with Crippen LogP contribution in [0.15, 0.2) is 125 Å². The van der Waals surface area contributed by atoms with E-state index >= 15 is 0 Å². The Hall–Kier alpha value is -4.36. The maximum absolute atomic E-state index is 12.9. The fraction of sp³-hybridized carbons (Fsp3) is 0.0370. The molecule has 0 atom stereocenters. The Morgan fingerprint density at radius 2 is 1.00 bits per heavy atom. The second-order valence-electron chi connectivity index (χ2n) is 7.48. The molecule has 0 unspecified atom stereocenters. The zero-order valence-corrected chi connectivity index (χ0v) is 19.5. The molecule has 0 aliphatic rings. The maximum atomic E-state index is 12.9. The topological polar surface area (TPSA) is 77.3 Å². The zero-order valence-electron chi connectivity index (χ0n) is 18.5. The van der Waals surface area contributed by atoms with Crippen LogP contribution in [0.3, 0.4) is 0 Å². The number of hydrogen-bond donors (Lipinski definition) is 0. The van der Waals surface area contributed by atoms with Crippen molar-refractivity contribution in [3.8, 4) is 5.75 Å². The van der Waals surface area contributed by atoms with E-state index in [0.29, 0.717) is 5.75 Å². The highest BCUT2D eigenvalue weighted by molar-refractivity contribution is 7.07. The van der Waals surface area contributed by atoms with Gasteiger partial charge >= 0.3 is 20.5 Å². The average molecular weight is 467 g/mol. The number of carbonyl (C=O) groups excluding carboxylic acids is 2. The SMILES string of the molecule is Cc1ccccc1OC(=O)/N=N/C(=O)O[Si](c1ccccc1)(c1ccccc1)c1ccccc1. The van der Waals surface area contributed by atoms with Gasteiger partial charge in [0.05, 0.1) is 0 Å². The summed E-state index contributed by atoms with van der Waals surface area (Å²) in [6, 6.07) is 35.7. The first-order chi connectivity index (χ1) is 16.6. The summed E-state index contributed by atoms with van der Waals surface area (Å²) in [5.74, 6) is 0.349. The molecule has 0 N–H and O–H groups in total. The van der Waals surface area contributed by atoms with Gasteiger partial charge in [-0.25, -0.2) is 9.59 Å². The molecule has 7 heteroatoms. The Balaban J connectivity index is 1.69. The summed E-state index contributed by atoms with van der Waals surface area (Å²) in [6.07, 6.45) is -1.97. The molecule has 0 bridgehead atoms. The van der Waals surface area contributed by atoms with Crippen LogP contribution in [0.1, 0.15) is 5.56 Å². The lowest BCUT2D eigenvalue weighted by atomic mass is 10.2. The lowest BCUT2D eigenvalue weighted by molar-refractivity contribution is 0.200. The number of amides is 2. The third-order valence-corrected chi connectivity index (χ3v) is 9.21. The van der Waals surface area contributed by atoms with Crippen LogP contribution in [0, 0.1) is 6.92 Å². The number of para-hydroxylation sites is 1. The first kappa shape index (κ1) is 22.8. The Kier molecular flexibility index (Phi) is 7.05. The molecule has 4 rings (SSSR count). The van der Waals surface area contributed by atoms with Gasteiger partial charge in [-0.2, -0.15) is 0 Å². The van der Waals surface area contributed by atoms with Gasteiger partial charge < -0.3 is 9.16 Å². The summed E-state index contributed by atoms with van der Waals surface area (Å²) in [7, 11) is -3.30. The minimum atomic E-state index is -3.30. The van der Waals surface area contributed by atoms with E-state index in [1.165, 1.54) is 0 Å². The highest BCUT2D eigenvalue weighted by atomic mass is 28.4. The summed E-state index contributed by atoms with van der Waals surface area (Å²) in [4.78, 5) is 25.1. The third-order valence-electron chi connectivity index (χ3n) is 5.29. The molecular weight excluding hydrogens is 444 g/mol. The molecule has 4 aromatic rings. The van der Waals surface area contributed by atoms with E-state index in [1.807, 2.05) is 97.1 Å². The monoisotopic (exact) mass is 466 g/mol. The minimum Gasteiger partial charge on any atom is -0.487 e. The number of benzene rings is 4. The Morgan fingerprint density at radius 1 is 0.588 bits per heavy atom. The maximum Gasteiger partial charge on any atom is 0.458 e. The van der Waals surface area contributed by atoms with Crippen LogP contribution in [0.4, 0.5) is 9.59 Å². The van der Waals surface area contributed by atoms with Crippen molar-refractivity contribution in [2.45, 2.75) is 6.92 Å². The average Bonchev–Trinajstić information content (AvgIpc) is 2.89. The van der Waals surface area contributed by atoms with Crippen LogP contribution in [0.5, 0.6) is 5.75 Å². The number of nitrogens with zero attached hydrogens (tertiary/aromatic N) is 2. The molecule has 0 spiro atoms. The highest BCUT2D eigenvalue weighted by Crippen LogP contribution is 2.17. The lowest BCUT2D eigenvalue weighted by Crippen LogP contribution is -2.69. The molecule has 0 fully saturated rings. The molecule has 0 radical (unpaired) electrons. The number of ether oxygens (including phenoxy) is 1. The van der Waals surface area contributed by atoms with Crippen LogP contribution in [-0.4, -0.2) is 20.5 Å². The molecule has 0 aliphatic heterocycles. The normalized spacial score (nSPS) is 11.2. The third kappa shape index (κ3) is 5.00. The molecule has 2 amide bonds. The van der Waals surface area contributed by atoms with Gasteiger partial charge in [0, 0.05) is 0 Å². The molecular formula is C27H22N2O4Si. The fourth-order valence-electron chi connectivity index (χ4n) is 3.71. The highest BCUT2D eigenvalue weighted by Gasteiger charge is 2.45. The van der Waals surface area contributed by atoms with Crippen molar-refractivity contribution in [1.82, 2.24) is 0 Å². The van der Waals surface area contributed by atoms with E-state index in [2.05, 4.69) is 10.2 Å². The van der Waals surface area contributed by atoms with E-state index in [-0.39, 0.29) is 0 Å². The molecule has 34 heavy (non-hydrogen) atoms. The Morgan fingerprint density at radius 3 is 1.47 bits per heavy atom. The number of carbonyl (C=O) groups is 2. The summed E-state index contributed by atoms with van der Waals surface area (Å²) in [5, 5.41) is 9.55. The van der Waals surface area contributed by atoms with E-state index in [9.17, 15) is 9.59 Å². The van der Waals surface area contributed by atoms with Crippen LogP contribution in [-0.2, 0) is 4.43 Å². The number of aryl methyl sites for hydroxylation is 1. The van der Waals surface area contributed by atoms with Gasteiger partial charge in [0.15, 0.2) is 0 Å². The molecule has 4 aromatic carbocycles. The smallest absolute Gasteiger partial charge is 0.458 e. The Labute approximate surface area is 198 Å². The standard InChI is InChI=1S/C27H22N2O4Si/c1-21-13-11-12-20-25(21)32-26(30)28-29-27(31)33-34(22-14-5-2-6-15-22,23-16-7-3-8-17-23)24-18-9-4-10-19-24/h2-20H,1H3/b29-28+. The molecule has 0 saturated carbocycles. The summed E-state index contributed by atoms with van der Waals surface area (Å²) < 4.78 is 11.3. The van der Waals surface area contributed by atoms with Gasteiger partial charge in [-0.1, -0.05) is 119 Å². The number of hydrogen-bond acceptors (Lipinski definition) is 4. The van der Waals surface area contributed by atoms with Crippen molar-refractivity contribution in [1.29, 1.82) is 0 Å². The molecule has 168 valence electrons. The van der Waals surface area contributed by atoms with Crippen molar-refractivity contribution < 1.29 is 18.8 Å². The van der Waals surface area contributed by atoms with Crippen molar-refractivity contribution in [2.24, 2.45) is 10.2 Å². The summed E-state index contributed by atoms with van der Waals surface area (Å²) in [5.41, 5.74) is 0.761. The van der Waals surface area contributed by atoms with E-state index in [4.69, 9.17) is 9.16 Å². The van der Waals surface area contributed by atoms with Crippen molar-refractivity contribution in [2.75, 3.05) is 0 Å². The largest absolute Gasteiger partial charge is 0.487 e. The van der Waals surface area contributed by atoms with Gasteiger partial charge in [-0.3, -0.25) is 0 Å². The van der Waals surface area contributed by atoms with Gasteiger partial charge in [0.1, 0.15) is 5.75 Å². The van der Waals surface area contributed by atoms with E-state index in [0.717, 1.165) is 21.1 Å². The van der Waals surface area contributed by atoms with Crippen molar-refractivity contribution in [3.63, 3.8) is 0 Å². The fourth-order valence-corrected chi connectivity index (χ4v) is 7.36. The van der Waals surface area contributed by atoms with Gasteiger partial charge in [-0.15, -0.1) is 0 Å².